The molecule has 0 saturated carbocycles. The topological polar surface area (TPSA) is 110 Å². The molecule has 1 aromatic carbocycles. The number of carboxylic acid groups (broad SMARTS) is 1. The van der Waals surface area contributed by atoms with E-state index in [1.807, 2.05) is 34.6 Å². The monoisotopic (exact) mass is 645 g/mol. The number of carbonyl (C=O) groups is 2. The molecule has 0 spiro atoms. The van der Waals surface area contributed by atoms with Crippen LogP contribution in [0.1, 0.15) is 95.6 Å². The van der Waals surface area contributed by atoms with Crippen LogP contribution >= 0.6 is 15.9 Å². The third-order valence-corrected chi connectivity index (χ3v) is 10.4. The molecule has 2 saturated heterocycles. The van der Waals surface area contributed by atoms with Crippen LogP contribution in [0.25, 0.3) is 0 Å². The smallest absolute Gasteiger partial charge is 0.408 e. The summed E-state index contributed by atoms with van der Waals surface area (Å²) in [6.45, 7) is 13.6. The van der Waals surface area contributed by atoms with Crippen LogP contribution in [0.2, 0.25) is 0 Å². The van der Waals surface area contributed by atoms with E-state index in [-0.39, 0.29) is 16.3 Å². The van der Waals surface area contributed by atoms with E-state index in [4.69, 9.17) is 0 Å². The fourth-order valence-electron chi connectivity index (χ4n) is 7.70. The predicted molar refractivity (Wildman–Crippen MR) is 161 cm³/mol. The maximum absolute atomic E-state index is 15.0. The standard InChI is InChI=1S/C31H41BrFN5O4/c1-18-15-22(39)25-23(18)26(35-17-34-25)36-11-13-37(14-12-36)27(40)24(19-7-8-20(32)21(33)16-19)31(29(2,3)4)10-9-30(5,6)38(31)28(41)42/h7-8,16-18,22,24,39H,9-15H2,1-6H3,(H,41,42)/t18-,22-,24-,31?/m1/s1. The molecule has 9 nitrogen and oxygen atoms in total. The number of rotatable bonds is 4. The van der Waals surface area contributed by atoms with Crippen molar-refractivity contribution in [2.75, 3.05) is 31.1 Å². The quantitative estimate of drug-likeness (QED) is 0.440. The number of amides is 2. The van der Waals surface area contributed by atoms with Gasteiger partial charge in [-0.25, -0.2) is 19.2 Å². The normalized spacial score (nSPS) is 26.4. The zero-order valence-corrected chi connectivity index (χ0v) is 26.8. The minimum atomic E-state index is -1.12. The summed E-state index contributed by atoms with van der Waals surface area (Å²) in [5.41, 5.74) is -0.366. The van der Waals surface area contributed by atoms with E-state index in [0.29, 0.717) is 56.7 Å². The first kappa shape index (κ1) is 30.7. The maximum Gasteiger partial charge on any atom is 0.408 e. The van der Waals surface area contributed by atoms with Crippen molar-refractivity contribution < 1.29 is 24.2 Å². The second-order valence-electron chi connectivity index (χ2n) is 13.7. The van der Waals surface area contributed by atoms with Gasteiger partial charge in [-0.1, -0.05) is 33.8 Å². The van der Waals surface area contributed by atoms with Gasteiger partial charge in [-0.15, -0.1) is 0 Å². The second kappa shape index (κ2) is 10.7. The minimum absolute atomic E-state index is 0.127. The van der Waals surface area contributed by atoms with Gasteiger partial charge in [0, 0.05) is 37.3 Å². The van der Waals surface area contributed by atoms with Crippen molar-refractivity contribution in [3.8, 4) is 0 Å². The average Bonchev–Trinajstić information content (AvgIpc) is 3.38. The Kier molecular flexibility index (Phi) is 7.83. The number of aliphatic hydroxyl groups is 1. The molecule has 228 valence electrons. The highest BCUT2D eigenvalue weighted by molar-refractivity contribution is 9.10. The molecule has 2 fully saturated rings. The third-order valence-electron chi connectivity index (χ3n) is 9.78. The number of benzene rings is 1. The van der Waals surface area contributed by atoms with E-state index in [1.165, 1.54) is 17.3 Å². The first-order valence-corrected chi connectivity index (χ1v) is 15.4. The average molecular weight is 647 g/mol. The van der Waals surface area contributed by atoms with Gasteiger partial charge in [0.25, 0.3) is 0 Å². The molecule has 3 heterocycles. The fourth-order valence-corrected chi connectivity index (χ4v) is 7.94. The van der Waals surface area contributed by atoms with Crippen LogP contribution in [0.4, 0.5) is 15.0 Å². The summed E-state index contributed by atoms with van der Waals surface area (Å²) in [6, 6.07) is 4.70. The Morgan fingerprint density at radius 1 is 1.12 bits per heavy atom. The summed E-state index contributed by atoms with van der Waals surface area (Å²) in [5.74, 6) is -0.687. The fraction of sp³-hybridized carbons (Fsp3) is 0.613. The van der Waals surface area contributed by atoms with E-state index < -0.39 is 40.4 Å². The Hall–Kier alpha value is -2.79. The van der Waals surface area contributed by atoms with E-state index in [0.717, 1.165) is 11.4 Å². The molecule has 2 aliphatic heterocycles. The molecule has 1 aromatic heterocycles. The number of piperazine rings is 1. The Morgan fingerprint density at radius 2 is 1.79 bits per heavy atom. The van der Waals surface area contributed by atoms with E-state index >= 15 is 4.39 Å². The molecule has 2 aromatic rings. The van der Waals surface area contributed by atoms with Crippen LogP contribution in [0, 0.1) is 11.2 Å². The molecule has 11 heteroatoms. The zero-order chi connectivity index (χ0) is 30.8. The van der Waals surface area contributed by atoms with Crippen molar-refractivity contribution >= 4 is 33.7 Å². The Labute approximate surface area is 255 Å². The van der Waals surface area contributed by atoms with Crippen molar-refractivity contribution in [3.63, 3.8) is 0 Å². The van der Waals surface area contributed by atoms with Gasteiger partial charge >= 0.3 is 6.09 Å². The van der Waals surface area contributed by atoms with Gasteiger partial charge in [0.1, 0.15) is 18.0 Å². The van der Waals surface area contributed by atoms with E-state index in [9.17, 15) is 19.8 Å². The number of anilines is 1. The van der Waals surface area contributed by atoms with Crippen LogP contribution in [0.3, 0.4) is 0 Å². The second-order valence-corrected chi connectivity index (χ2v) is 14.5. The zero-order valence-electron chi connectivity index (χ0n) is 25.2. The number of halogens is 2. The highest BCUT2D eigenvalue weighted by Gasteiger charge is 2.64. The van der Waals surface area contributed by atoms with Gasteiger partial charge in [-0.2, -0.15) is 0 Å². The summed E-state index contributed by atoms with van der Waals surface area (Å²) < 4.78 is 15.3. The molecule has 0 bridgehead atoms. The third kappa shape index (κ3) is 4.86. The lowest BCUT2D eigenvalue weighted by Crippen LogP contribution is -2.66. The summed E-state index contributed by atoms with van der Waals surface area (Å²) in [5, 5.41) is 21.0. The Bertz CT molecular complexity index is 1390. The minimum Gasteiger partial charge on any atom is -0.465 e. The van der Waals surface area contributed by atoms with Gasteiger partial charge < -0.3 is 20.0 Å². The van der Waals surface area contributed by atoms with Crippen LogP contribution in [0.15, 0.2) is 29.0 Å². The lowest BCUT2D eigenvalue weighted by Gasteiger charge is -2.55. The van der Waals surface area contributed by atoms with Crippen molar-refractivity contribution in [1.29, 1.82) is 0 Å². The molecule has 2 N–H and O–H groups in total. The molecule has 2 amide bonds. The summed E-state index contributed by atoms with van der Waals surface area (Å²) in [6.07, 6.45) is 1.46. The molecule has 4 atom stereocenters. The van der Waals surface area contributed by atoms with Crippen LogP contribution in [-0.2, 0) is 4.79 Å². The van der Waals surface area contributed by atoms with Crippen molar-refractivity contribution in [1.82, 2.24) is 19.8 Å². The van der Waals surface area contributed by atoms with E-state index in [1.54, 1.807) is 17.0 Å². The van der Waals surface area contributed by atoms with Crippen LogP contribution in [-0.4, -0.2) is 79.2 Å². The number of hydrogen-bond acceptors (Lipinski definition) is 6. The highest BCUT2D eigenvalue weighted by Crippen LogP contribution is 2.57. The lowest BCUT2D eigenvalue weighted by atomic mass is 9.62. The van der Waals surface area contributed by atoms with Crippen molar-refractivity contribution in [2.45, 2.75) is 89.8 Å². The molecule has 0 radical (unpaired) electrons. The van der Waals surface area contributed by atoms with Gasteiger partial charge in [-0.05, 0) is 78.1 Å². The van der Waals surface area contributed by atoms with Crippen LogP contribution < -0.4 is 4.90 Å². The van der Waals surface area contributed by atoms with Crippen LogP contribution in [0.5, 0.6) is 0 Å². The Morgan fingerprint density at radius 3 is 2.38 bits per heavy atom. The number of nitrogens with zero attached hydrogens (tertiary/aromatic N) is 5. The number of aromatic nitrogens is 2. The first-order chi connectivity index (χ1) is 19.6. The summed E-state index contributed by atoms with van der Waals surface area (Å²) in [7, 11) is 0. The van der Waals surface area contributed by atoms with Gasteiger partial charge in [0.2, 0.25) is 5.91 Å². The molecule has 1 unspecified atom stereocenters. The van der Waals surface area contributed by atoms with E-state index in [2.05, 4.69) is 37.7 Å². The molecule has 1 aliphatic carbocycles. The molecular formula is C31H41BrFN5O4. The van der Waals surface area contributed by atoms with Gasteiger partial charge in [-0.3, -0.25) is 9.69 Å². The molecular weight excluding hydrogens is 605 g/mol. The van der Waals surface area contributed by atoms with Gasteiger partial charge in [0.15, 0.2) is 0 Å². The number of carbonyl (C=O) groups excluding carboxylic acids is 1. The number of hydrogen-bond donors (Lipinski definition) is 2. The highest BCUT2D eigenvalue weighted by atomic mass is 79.9. The largest absolute Gasteiger partial charge is 0.465 e. The molecule has 3 aliphatic rings. The SMILES string of the molecule is C[C@@H]1C[C@@H](O)c2ncnc(N3CCN(C(=O)[C@@H](c4ccc(Br)c(F)c4)C4(C(C)(C)C)CCC(C)(C)N4C(=O)O)CC3)c21. The molecule has 5 rings (SSSR count). The number of likely N-dealkylation sites (tertiary alicyclic amines) is 1. The first-order valence-electron chi connectivity index (χ1n) is 14.6. The number of aliphatic hydroxyl groups excluding tert-OH is 1. The summed E-state index contributed by atoms with van der Waals surface area (Å²) >= 11 is 3.23. The summed E-state index contributed by atoms with van der Waals surface area (Å²) in [4.78, 5) is 42.0. The maximum atomic E-state index is 15.0. The lowest BCUT2D eigenvalue weighted by molar-refractivity contribution is -0.140. The van der Waals surface area contributed by atoms with Gasteiger partial charge in [0.05, 0.1) is 27.7 Å². The Balaban J connectivity index is 1.53. The van der Waals surface area contributed by atoms with Crippen molar-refractivity contribution in [3.05, 3.63) is 51.6 Å². The number of fused-ring (bicyclic) bond motifs is 1. The van der Waals surface area contributed by atoms with Crippen molar-refractivity contribution in [2.24, 2.45) is 5.41 Å². The predicted octanol–water partition coefficient (Wildman–Crippen LogP) is 5.69. The molecule has 42 heavy (non-hydrogen) atoms.